The molecule has 1 saturated carbocycles. The number of hydrogen-bond donors (Lipinski definition) is 1. The predicted molar refractivity (Wildman–Crippen MR) is 120 cm³/mol. The number of hydrogen-bond acceptors (Lipinski definition) is 7. The fourth-order valence-electron chi connectivity index (χ4n) is 4.85. The van der Waals surface area contributed by atoms with Gasteiger partial charge in [0.15, 0.2) is 0 Å². The molecule has 0 bridgehead atoms. The van der Waals surface area contributed by atoms with Crippen LogP contribution in [0.5, 0.6) is 5.75 Å². The molecule has 12 heteroatoms. The molecular weight excluding hydrogens is 668 g/mol. The number of aliphatic hydroxyl groups excluding tert-OH is 1. The number of alkyl halides is 3. The molecule has 34 heavy (non-hydrogen) atoms. The van der Waals surface area contributed by atoms with Crippen LogP contribution in [-0.4, -0.2) is 63.7 Å². The van der Waals surface area contributed by atoms with Crippen molar-refractivity contribution in [3.63, 3.8) is 0 Å². The molecule has 1 aromatic carbocycles. The van der Waals surface area contributed by atoms with Crippen molar-refractivity contribution in [3.8, 4) is 5.75 Å². The number of fused-ring (bicyclic) bond motifs is 1. The maximum atomic E-state index is 13.1. The molecule has 2 aliphatic rings. The molecular formula is C22H29F3NO6STl. The molecule has 0 aromatic heterocycles. The van der Waals surface area contributed by atoms with Crippen molar-refractivity contribution in [2.24, 2.45) is 17.8 Å². The summed E-state index contributed by atoms with van der Waals surface area (Å²) in [7, 11) is -6.01. The fraction of sp³-hybridized carbons (Fsp3) is 0.682. The van der Waals surface area contributed by atoms with Gasteiger partial charge in [0.05, 0.1) is 0 Å². The third-order valence-corrected chi connectivity index (χ3v) is 9.76. The van der Waals surface area contributed by atoms with Crippen molar-refractivity contribution >= 4 is 47.8 Å². The second kappa shape index (κ2) is 10.1. The molecule has 1 fully saturated rings. The van der Waals surface area contributed by atoms with Crippen LogP contribution < -0.4 is 6.89 Å². The second-order valence-corrected chi connectivity index (χ2v) is 13.5. The van der Waals surface area contributed by atoms with Crippen molar-refractivity contribution in [2.45, 2.75) is 71.1 Å². The maximum absolute atomic E-state index is 13.1. The summed E-state index contributed by atoms with van der Waals surface area (Å²) < 4.78 is 75.3. The Morgan fingerprint density at radius 3 is 2.53 bits per heavy atom. The van der Waals surface area contributed by atoms with Gasteiger partial charge in [0.1, 0.15) is 0 Å². The van der Waals surface area contributed by atoms with E-state index >= 15 is 0 Å². The van der Waals surface area contributed by atoms with E-state index < -0.39 is 39.6 Å². The van der Waals surface area contributed by atoms with Gasteiger partial charge in [-0.1, -0.05) is 0 Å². The fourth-order valence-corrected chi connectivity index (χ4v) is 6.75. The van der Waals surface area contributed by atoms with Crippen LogP contribution in [0.1, 0.15) is 62.8 Å². The van der Waals surface area contributed by atoms with E-state index in [4.69, 9.17) is 4.74 Å². The number of esters is 1. The molecule has 0 spiro atoms. The van der Waals surface area contributed by atoms with Crippen LogP contribution >= 0.6 is 0 Å². The quantitative estimate of drug-likeness (QED) is 0.210. The summed E-state index contributed by atoms with van der Waals surface area (Å²) in [5.41, 5.74) is -4.92. The molecule has 1 heterocycles. The van der Waals surface area contributed by atoms with Crippen LogP contribution in [-0.2, 0) is 26.1 Å². The first-order valence-corrected chi connectivity index (χ1v) is 14.6. The molecule has 188 valence electrons. The minimum absolute atomic E-state index is 0.0920. The van der Waals surface area contributed by atoms with E-state index in [-0.39, 0.29) is 34.9 Å². The van der Waals surface area contributed by atoms with E-state index in [0.717, 1.165) is 12.8 Å². The summed E-state index contributed by atoms with van der Waals surface area (Å²) in [5.74, 6) is -1.00. The number of carbonyl (C=O) groups excluding carboxylic acids is 1. The van der Waals surface area contributed by atoms with E-state index in [0.29, 0.717) is 50.6 Å². The van der Waals surface area contributed by atoms with E-state index in [1.54, 1.807) is 6.07 Å². The molecule has 0 amide bonds. The summed E-state index contributed by atoms with van der Waals surface area (Å²) in [5, 5.41) is 10.9. The SMILES string of the molecule is Cc1cc2c(c(OS(=O)(=O)C(F)(F)F)c1[C@H](O)C(=O)O[C@@H]1C[C@H](C)CC[C@H]1C(C)C)CC[N]2[Tl]. The van der Waals surface area contributed by atoms with Gasteiger partial charge in [0.2, 0.25) is 0 Å². The summed E-state index contributed by atoms with van der Waals surface area (Å²) in [4.78, 5) is 13.0. The topological polar surface area (TPSA) is 93.1 Å². The number of benzene rings is 1. The molecule has 1 N–H and O–H groups in total. The van der Waals surface area contributed by atoms with Crippen molar-refractivity contribution in [1.82, 2.24) is 0 Å². The summed E-state index contributed by atoms with van der Waals surface area (Å²) in [6.45, 7) is 8.08. The Morgan fingerprint density at radius 2 is 1.94 bits per heavy atom. The normalized spacial score (nSPS) is 24.1. The van der Waals surface area contributed by atoms with Gasteiger partial charge >= 0.3 is 215 Å². The molecule has 7 nitrogen and oxygen atoms in total. The van der Waals surface area contributed by atoms with Gasteiger partial charge in [0.25, 0.3) is 0 Å². The Kier molecular flexibility index (Phi) is 8.18. The van der Waals surface area contributed by atoms with Gasteiger partial charge in [-0.2, -0.15) is 0 Å². The Hall–Kier alpha value is -1.09. The van der Waals surface area contributed by atoms with Gasteiger partial charge in [0, 0.05) is 0 Å². The Balaban J connectivity index is 2.00. The predicted octanol–water partition coefficient (Wildman–Crippen LogP) is 3.71. The van der Waals surface area contributed by atoms with E-state index in [9.17, 15) is 31.5 Å². The van der Waals surface area contributed by atoms with Gasteiger partial charge < -0.3 is 0 Å². The van der Waals surface area contributed by atoms with E-state index in [1.807, 2.05) is 23.5 Å². The molecule has 0 radical (unpaired) electrons. The van der Waals surface area contributed by atoms with Crippen LogP contribution in [0.15, 0.2) is 6.07 Å². The van der Waals surface area contributed by atoms with Crippen LogP contribution in [0.3, 0.4) is 0 Å². The third-order valence-electron chi connectivity index (χ3n) is 6.72. The van der Waals surface area contributed by atoms with Gasteiger partial charge in [-0.25, -0.2) is 0 Å². The molecule has 1 aliphatic carbocycles. The van der Waals surface area contributed by atoms with Crippen molar-refractivity contribution in [2.75, 3.05) is 9.25 Å². The zero-order valence-corrected chi connectivity index (χ0v) is 24.9. The van der Waals surface area contributed by atoms with Crippen LogP contribution in [0, 0.1) is 24.7 Å². The first-order chi connectivity index (χ1) is 15.6. The number of aryl methyl sites for hydroxylation is 1. The van der Waals surface area contributed by atoms with Crippen molar-refractivity contribution in [3.05, 3.63) is 22.8 Å². The van der Waals surface area contributed by atoms with Gasteiger partial charge in [-0.05, 0) is 0 Å². The van der Waals surface area contributed by atoms with Crippen molar-refractivity contribution < 1.29 is 40.4 Å². The van der Waals surface area contributed by atoms with Crippen LogP contribution in [0.25, 0.3) is 0 Å². The number of ether oxygens (including phenoxy) is 1. The monoisotopic (exact) mass is 697 g/mol. The van der Waals surface area contributed by atoms with Gasteiger partial charge in [-0.15, -0.1) is 0 Å². The zero-order valence-electron chi connectivity index (χ0n) is 19.6. The first-order valence-electron chi connectivity index (χ1n) is 11.2. The Morgan fingerprint density at radius 1 is 1.29 bits per heavy atom. The summed E-state index contributed by atoms with van der Waals surface area (Å²) in [6.07, 6.45) is 0.279. The molecule has 1 aliphatic heterocycles. The number of rotatable bonds is 6. The summed E-state index contributed by atoms with van der Waals surface area (Å²) in [6, 6.07) is 1.64. The van der Waals surface area contributed by atoms with Gasteiger partial charge in [-0.3, -0.25) is 0 Å². The van der Waals surface area contributed by atoms with E-state index in [2.05, 4.69) is 4.18 Å². The molecule has 1 aromatic rings. The molecule has 3 rings (SSSR count). The second-order valence-electron chi connectivity index (χ2n) is 9.56. The van der Waals surface area contributed by atoms with Crippen LogP contribution in [0.2, 0.25) is 0 Å². The third kappa shape index (κ3) is 5.50. The van der Waals surface area contributed by atoms with Crippen LogP contribution in [0.4, 0.5) is 18.9 Å². The Labute approximate surface area is 214 Å². The molecule has 0 unspecified atom stereocenters. The van der Waals surface area contributed by atoms with Crippen molar-refractivity contribution in [1.29, 1.82) is 0 Å². The Bertz CT molecular complexity index is 1050. The molecule has 4 atom stereocenters. The average molecular weight is 697 g/mol. The number of aliphatic hydroxyl groups is 1. The standard InChI is InChI=1S/C22H29F3NO6S.Tl/c1-11(2)14-6-5-12(3)9-17(14)31-21(28)19(27)18-13(4)10-16-15(7-8-26-16)20(18)32-33(29,30)22(23,24)25;/h10-12,14,17,19,27H,5-9H2,1-4H3;/q-1;+1/t12-,14+,17-,19+;/m1./s1. The average Bonchev–Trinajstić information content (AvgIpc) is 3.07. The molecule has 0 saturated heterocycles. The van der Waals surface area contributed by atoms with E-state index in [1.165, 1.54) is 6.92 Å². The first kappa shape index (κ1) is 27.5. The zero-order chi connectivity index (χ0) is 25.6. The number of nitrogens with zero attached hydrogens (tertiary/aromatic N) is 1. The minimum atomic E-state index is -6.01. The number of halogens is 3. The summed E-state index contributed by atoms with van der Waals surface area (Å²) >= 11 is 0.319. The number of carbonyl (C=O) groups is 1. The number of anilines is 1.